The van der Waals surface area contributed by atoms with Gasteiger partial charge in [0.15, 0.2) is 0 Å². The first-order valence-corrected chi connectivity index (χ1v) is 4.50. The molecule has 0 spiro atoms. The molecule has 1 rings (SSSR count). The van der Waals surface area contributed by atoms with Crippen LogP contribution in [0, 0.1) is 0 Å². The fraction of sp³-hybridized carbons (Fsp3) is 0.125. The van der Waals surface area contributed by atoms with Crippen LogP contribution in [0.15, 0.2) is 12.1 Å². The monoisotopic (exact) mass is 238 g/mol. The molecule has 0 unspecified atom stereocenters. The molecule has 0 saturated carbocycles. The van der Waals surface area contributed by atoms with Crippen LogP contribution in [0.4, 0.5) is 0 Å². The van der Waals surface area contributed by atoms with Gasteiger partial charge in [0.1, 0.15) is 0 Å². The van der Waals surface area contributed by atoms with Crippen LogP contribution < -0.4 is 0 Å². The molecule has 0 atom stereocenters. The Morgan fingerprint density at radius 2 is 1.85 bits per heavy atom. The third-order valence-electron chi connectivity index (χ3n) is 1.46. The zero-order chi connectivity index (χ0) is 10.0. The van der Waals surface area contributed by atoms with Gasteiger partial charge < -0.3 is 5.11 Å². The number of hydrogen-bond donors (Lipinski definition) is 1. The lowest BCUT2D eigenvalue weighted by atomic mass is 10.1. The SMILES string of the molecule is O=C(O)Cc1ccc(Cl)c(Cl)c1Cl. The van der Waals surface area contributed by atoms with E-state index in [1.54, 1.807) is 6.07 Å². The average molecular weight is 239 g/mol. The van der Waals surface area contributed by atoms with Gasteiger partial charge in [-0.05, 0) is 11.6 Å². The second-order valence-corrected chi connectivity index (χ2v) is 3.57. The topological polar surface area (TPSA) is 37.3 Å². The number of carboxylic acids is 1. The third-order valence-corrected chi connectivity index (χ3v) is 2.79. The van der Waals surface area contributed by atoms with Crippen LogP contribution in [-0.4, -0.2) is 11.1 Å². The van der Waals surface area contributed by atoms with Gasteiger partial charge in [-0.15, -0.1) is 0 Å². The number of hydrogen-bond acceptors (Lipinski definition) is 1. The van der Waals surface area contributed by atoms with Crippen LogP contribution >= 0.6 is 34.8 Å². The molecule has 13 heavy (non-hydrogen) atoms. The smallest absolute Gasteiger partial charge is 0.307 e. The van der Waals surface area contributed by atoms with Gasteiger partial charge in [-0.2, -0.15) is 0 Å². The molecule has 0 saturated heterocycles. The Hall–Kier alpha value is -0.440. The van der Waals surface area contributed by atoms with Crippen molar-refractivity contribution in [3.63, 3.8) is 0 Å². The van der Waals surface area contributed by atoms with Crippen LogP contribution in [0.5, 0.6) is 0 Å². The fourth-order valence-electron chi connectivity index (χ4n) is 0.865. The first-order chi connectivity index (χ1) is 6.02. The Balaban J connectivity index is 3.10. The van der Waals surface area contributed by atoms with Gasteiger partial charge in [0.2, 0.25) is 0 Å². The predicted octanol–water partition coefficient (Wildman–Crippen LogP) is 3.27. The highest BCUT2D eigenvalue weighted by atomic mass is 35.5. The Kier molecular flexibility index (Phi) is 3.42. The second kappa shape index (κ2) is 4.18. The molecular weight excluding hydrogens is 234 g/mol. The molecule has 0 aromatic heterocycles. The lowest BCUT2D eigenvalue weighted by Crippen LogP contribution is -2.00. The van der Waals surface area contributed by atoms with Gasteiger partial charge >= 0.3 is 5.97 Å². The molecular formula is C8H5Cl3O2. The highest BCUT2D eigenvalue weighted by molar-refractivity contribution is 6.48. The van der Waals surface area contributed by atoms with Crippen molar-refractivity contribution in [1.29, 1.82) is 0 Å². The van der Waals surface area contributed by atoms with Gasteiger partial charge in [-0.3, -0.25) is 4.79 Å². The first kappa shape index (κ1) is 10.6. The number of rotatable bonds is 2. The van der Waals surface area contributed by atoms with E-state index in [2.05, 4.69) is 0 Å². The van der Waals surface area contributed by atoms with Crippen molar-refractivity contribution in [3.05, 3.63) is 32.8 Å². The van der Waals surface area contributed by atoms with E-state index < -0.39 is 5.97 Å². The number of halogens is 3. The van der Waals surface area contributed by atoms with E-state index in [1.807, 2.05) is 0 Å². The summed E-state index contributed by atoms with van der Waals surface area (Å²) >= 11 is 17.1. The summed E-state index contributed by atoms with van der Waals surface area (Å²) in [4.78, 5) is 10.4. The van der Waals surface area contributed by atoms with E-state index >= 15 is 0 Å². The molecule has 0 amide bonds. The summed E-state index contributed by atoms with van der Waals surface area (Å²) < 4.78 is 0. The van der Waals surface area contributed by atoms with Gasteiger partial charge in [-0.25, -0.2) is 0 Å². The molecule has 0 aliphatic carbocycles. The van der Waals surface area contributed by atoms with Crippen LogP contribution in [0.3, 0.4) is 0 Å². The van der Waals surface area contributed by atoms with Crippen molar-refractivity contribution in [2.24, 2.45) is 0 Å². The summed E-state index contributed by atoms with van der Waals surface area (Å²) in [5.74, 6) is -0.958. The molecule has 1 aromatic carbocycles. The molecule has 5 heteroatoms. The quantitative estimate of drug-likeness (QED) is 0.804. The molecule has 0 aliphatic heterocycles. The molecule has 1 N–H and O–H groups in total. The number of carbonyl (C=O) groups is 1. The molecule has 2 nitrogen and oxygen atoms in total. The minimum absolute atomic E-state index is 0.157. The third kappa shape index (κ3) is 2.50. The second-order valence-electron chi connectivity index (χ2n) is 2.40. The lowest BCUT2D eigenvalue weighted by Gasteiger charge is -2.03. The standard InChI is InChI=1S/C8H5Cl3O2/c9-5-2-1-4(3-6(12)13)7(10)8(5)11/h1-2H,3H2,(H,12,13). The van der Waals surface area contributed by atoms with E-state index in [1.165, 1.54) is 6.07 Å². The van der Waals surface area contributed by atoms with E-state index in [0.717, 1.165) is 0 Å². The van der Waals surface area contributed by atoms with Crippen molar-refractivity contribution in [2.75, 3.05) is 0 Å². The molecule has 0 fully saturated rings. The van der Waals surface area contributed by atoms with Gasteiger partial charge in [0, 0.05) is 0 Å². The molecule has 70 valence electrons. The number of benzene rings is 1. The summed E-state index contributed by atoms with van der Waals surface area (Å²) in [5, 5.41) is 9.24. The number of carboxylic acid groups (broad SMARTS) is 1. The summed E-state index contributed by atoms with van der Waals surface area (Å²) in [6.07, 6.45) is -0.157. The Labute approximate surface area is 90.0 Å². The summed E-state index contributed by atoms with van der Waals surface area (Å²) in [6.45, 7) is 0. The molecule has 0 aliphatic rings. The van der Waals surface area contributed by atoms with E-state index in [9.17, 15) is 4.79 Å². The number of aliphatic carboxylic acids is 1. The average Bonchev–Trinajstić information content (AvgIpc) is 2.06. The van der Waals surface area contributed by atoms with E-state index in [-0.39, 0.29) is 16.5 Å². The maximum Gasteiger partial charge on any atom is 0.307 e. The molecule has 1 aromatic rings. The van der Waals surface area contributed by atoms with E-state index in [4.69, 9.17) is 39.9 Å². The van der Waals surface area contributed by atoms with Crippen LogP contribution in [-0.2, 0) is 11.2 Å². The lowest BCUT2D eigenvalue weighted by molar-refractivity contribution is -0.136. The maximum atomic E-state index is 10.4. The summed E-state index contributed by atoms with van der Waals surface area (Å²) in [7, 11) is 0. The van der Waals surface area contributed by atoms with E-state index in [0.29, 0.717) is 10.6 Å². The maximum absolute atomic E-state index is 10.4. The van der Waals surface area contributed by atoms with Gasteiger partial charge in [-0.1, -0.05) is 40.9 Å². The molecule has 0 bridgehead atoms. The Bertz CT molecular complexity index is 349. The van der Waals surface area contributed by atoms with Crippen LogP contribution in [0.25, 0.3) is 0 Å². The predicted molar refractivity (Wildman–Crippen MR) is 52.8 cm³/mol. The van der Waals surface area contributed by atoms with Crippen molar-refractivity contribution in [1.82, 2.24) is 0 Å². The van der Waals surface area contributed by atoms with Gasteiger partial charge in [0.05, 0.1) is 21.5 Å². The summed E-state index contributed by atoms with van der Waals surface area (Å²) in [6, 6.07) is 3.07. The Morgan fingerprint density at radius 3 is 2.38 bits per heavy atom. The van der Waals surface area contributed by atoms with Gasteiger partial charge in [0.25, 0.3) is 0 Å². The fourth-order valence-corrected chi connectivity index (χ4v) is 1.49. The first-order valence-electron chi connectivity index (χ1n) is 3.36. The normalized spacial score (nSPS) is 10.1. The van der Waals surface area contributed by atoms with Crippen molar-refractivity contribution in [3.8, 4) is 0 Å². The minimum Gasteiger partial charge on any atom is -0.481 e. The van der Waals surface area contributed by atoms with Crippen molar-refractivity contribution >= 4 is 40.8 Å². The zero-order valence-electron chi connectivity index (χ0n) is 6.35. The van der Waals surface area contributed by atoms with Crippen molar-refractivity contribution in [2.45, 2.75) is 6.42 Å². The highest BCUT2D eigenvalue weighted by Crippen LogP contribution is 2.32. The summed E-state index contributed by atoms with van der Waals surface area (Å²) in [5.41, 5.74) is 0.462. The molecule has 0 heterocycles. The highest BCUT2D eigenvalue weighted by Gasteiger charge is 2.10. The zero-order valence-corrected chi connectivity index (χ0v) is 8.62. The van der Waals surface area contributed by atoms with Crippen LogP contribution in [0.2, 0.25) is 15.1 Å². The minimum atomic E-state index is -0.958. The largest absolute Gasteiger partial charge is 0.481 e. The Morgan fingerprint density at radius 1 is 1.23 bits per heavy atom. The van der Waals surface area contributed by atoms with Crippen molar-refractivity contribution < 1.29 is 9.90 Å². The molecule has 0 radical (unpaired) electrons. The van der Waals surface area contributed by atoms with Crippen LogP contribution in [0.1, 0.15) is 5.56 Å².